The number of hydrazone groups is 1. The van der Waals surface area contributed by atoms with Crippen molar-refractivity contribution >= 4 is 11.6 Å². The Morgan fingerprint density at radius 3 is 2.90 bits per heavy atom. The van der Waals surface area contributed by atoms with Gasteiger partial charge in [0.1, 0.15) is 0 Å². The van der Waals surface area contributed by atoms with Crippen LogP contribution in [-0.4, -0.2) is 16.6 Å². The molecule has 1 N–H and O–H groups in total. The Balaban J connectivity index is 1.90. The Bertz CT molecular complexity index is 506. The van der Waals surface area contributed by atoms with Gasteiger partial charge in [0.05, 0.1) is 5.71 Å². The molecule has 0 radical (unpaired) electrons. The van der Waals surface area contributed by atoms with Gasteiger partial charge in [-0.05, 0) is 43.4 Å². The third-order valence-corrected chi connectivity index (χ3v) is 3.43. The maximum absolute atomic E-state index is 11.9. The van der Waals surface area contributed by atoms with Crippen molar-refractivity contribution < 1.29 is 4.79 Å². The van der Waals surface area contributed by atoms with Gasteiger partial charge in [0.25, 0.3) is 5.91 Å². The van der Waals surface area contributed by atoms with Gasteiger partial charge in [0, 0.05) is 18.0 Å². The number of hydrogen-bond donors (Lipinski definition) is 1. The molecule has 1 aliphatic rings. The van der Waals surface area contributed by atoms with Crippen molar-refractivity contribution in [3.05, 3.63) is 41.7 Å². The van der Waals surface area contributed by atoms with Gasteiger partial charge in [0.15, 0.2) is 0 Å². The van der Waals surface area contributed by atoms with Gasteiger partial charge in [-0.25, -0.2) is 5.43 Å². The fraction of sp³-hybridized carbons (Fsp3) is 0.438. The molecule has 1 amide bonds. The van der Waals surface area contributed by atoms with E-state index >= 15 is 0 Å². The third kappa shape index (κ3) is 4.02. The Morgan fingerprint density at radius 2 is 2.15 bits per heavy atom. The van der Waals surface area contributed by atoms with E-state index in [2.05, 4.69) is 28.5 Å². The van der Waals surface area contributed by atoms with Crippen LogP contribution in [0.1, 0.15) is 55.8 Å². The second kappa shape index (κ2) is 7.58. The zero-order valence-corrected chi connectivity index (χ0v) is 11.9. The first-order valence-corrected chi connectivity index (χ1v) is 7.27. The number of allylic oxidation sites excluding steroid dienone is 2. The van der Waals surface area contributed by atoms with E-state index in [0.29, 0.717) is 5.56 Å². The number of aromatic nitrogens is 1. The van der Waals surface area contributed by atoms with Crippen LogP contribution in [0.2, 0.25) is 0 Å². The number of nitrogens with zero attached hydrogens (tertiary/aromatic N) is 2. The van der Waals surface area contributed by atoms with Crippen LogP contribution in [0.4, 0.5) is 0 Å². The summed E-state index contributed by atoms with van der Waals surface area (Å²) in [5.41, 5.74) is 5.55. The number of pyridine rings is 1. The summed E-state index contributed by atoms with van der Waals surface area (Å²) < 4.78 is 0. The molecule has 4 nitrogen and oxygen atoms in total. The normalized spacial score (nSPS) is 16.2. The molecule has 106 valence electrons. The molecule has 1 aromatic rings. The molecule has 0 fully saturated rings. The Labute approximate surface area is 120 Å². The molecule has 1 aromatic heterocycles. The van der Waals surface area contributed by atoms with Crippen LogP contribution in [0.3, 0.4) is 0 Å². The van der Waals surface area contributed by atoms with Crippen LogP contribution in [-0.2, 0) is 0 Å². The molecule has 0 aliphatic heterocycles. The minimum absolute atomic E-state index is 0.181. The number of rotatable bonds is 6. The number of carbonyl (C=O) groups is 1. The van der Waals surface area contributed by atoms with Crippen molar-refractivity contribution in [2.75, 3.05) is 0 Å². The van der Waals surface area contributed by atoms with Crippen molar-refractivity contribution in [1.82, 2.24) is 10.4 Å². The lowest BCUT2D eigenvalue weighted by Crippen LogP contribution is -2.19. The molecule has 2 rings (SSSR count). The summed E-state index contributed by atoms with van der Waals surface area (Å²) in [6, 6.07) is 3.37. The highest BCUT2D eigenvalue weighted by atomic mass is 16.2. The van der Waals surface area contributed by atoms with Crippen molar-refractivity contribution in [2.45, 2.75) is 45.4 Å². The van der Waals surface area contributed by atoms with E-state index < -0.39 is 0 Å². The van der Waals surface area contributed by atoms with Crippen molar-refractivity contribution in [3.63, 3.8) is 0 Å². The minimum Gasteiger partial charge on any atom is -0.267 e. The quantitative estimate of drug-likeness (QED) is 0.636. The van der Waals surface area contributed by atoms with E-state index in [1.54, 1.807) is 24.5 Å². The second-order valence-electron chi connectivity index (χ2n) is 4.96. The highest BCUT2D eigenvalue weighted by molar-refractivity contribution is 6.03. The standard InChI is InChI=1S/C16H21N3O/c1-2-3-4-6-13-7-5-8-15(13)18-19-16(20)14-9-11-17-12-10-14/h7,9-12H,2-6,8H2,1H3,(H,19,20)/b18-15-. The minimum atomic E-state index is -0.181. The van der Waals surface area contributed by atoms with Crippen molar-refractivity contribution in [3.8, 4) is 0 Å². The van der Waals surface area contributed by atoms with Crippen LogP contribution in [0, 0.1) is 0 Å². The first-order chi connectivity index (χ1) is 9.81. The van der Waals surface area contributed by atoms with Crippen LogP contribution in [0.15, 0.2) is 41.3 Å². The lowest BCUT2D eigenvalue weighted by molar-refractivity contribution is 0.0954. The molecule has 1 heterocycles. The number of hydrogen-bond acceptors (Lipinski definition) is 3. The van der Waals surface area contributed by atoms with E-state index in [0.717, 1.165) is 25.0 Å². The fourth-order valence-corrected chi connectivity index (χ4v) is 2.29. The Morgan fingerprint density at radius 1 is 1.35 bits per heavy atom. The molecule has 0 atom stereocenters. The summed E-state index contributed by atoms with van der Waals surface area (Å²) in [5.74, 6) is -0.181. The van der Waals surface area contributed by atoms with E-state index in [1.807, 2.05) is 0 Å². The van der Waals surface area contributed by atoms with Crippen LogP contribution in [0.5, 0.6) is 0 Å². The van der Waals surface area contributed by atoms with Gasteiger partial charge < -0.3 is 0 Å². The molecule has 1 aliphatic carbocycles. The van der Waals surface area contributed by atoms with Gasteiger partial charge in [-0.3, -0.25) is 9.78 Å². The SMILES string of the molecule is CCCCCC1=CCC/C1=N/NC(=O)c1ccncc1. The van der Waals surface area contributed by atoms with E-state index in [4.69, 9.17) is 0 Å². The predicted molar refractivity (Wildman–Crippen MR) is 80.6 cm³/mol. The van der Waals surface area contributed by atoms with E-state index in [1.165, 1.54) is 24.8 Å². The van der Waals surface area contributed by atoms with Crippen LogP contribution >= 0.6 is 0 Å². The van der Waals surface area contributed by atoms with Gasteiger partial charge in [-0.1, -0.05) is 25.8 Å². The lowest BCUT2D eigenvalue weighted by atomic mass is 10.1. The first-order valence-electron chi connectivity index (χ1n) is 7.27. The highest BCUT2D eigenvalue weighted by Gasteiger charge is 2.13. The van der Waals surface area contributed by atoms with Gasteiger partial charge >= 0.3 is 0 Å². The smallest absolute Gasteiger partial charge is 0.267 e. The number of carbonyl (C=O) groups excluding carboxylic acids is 1. The predicted octanol–water partition coefficient (Wildman–Crippen LogP) is 3.47. The third-order valence-electron chi connectivity index (χ3n) is 3.43. The topological polar surface area (TPSA) is 54.4 Å². The number of nitrogens with one attached hydrogen (secondary N) is 1. The van der Waals surface area contributed by atoms with E-state index in [-0.39, 0.29) is 5.91 Å². The van der Waals surface area contributed by atoms with Crippen LogP contribution < -0.4 is 5.43 Å². The molecule has 0 bridgehead atoms. The average molecular weight is 271 g/mol. The molecule has 0 unspecified atom stereocenters. The Hall–Kier alpha value is -1.97. The summed E-state index contributed by atoms with van der Waals surface area (Å²) in [6.07, 6.45) is 12.1. The summed E-state index contributed by atoms with van der Waals surface area (Å²) in [6.45, 7) is 2.20. The molecule has 4 heteroatoms. The van der Waals surface area contributed by atoms with E-state index in [9.17, 15) is 4.79 Å². The second-order valence-corrected chi connectivity index (χ2v) is 4.96. The van der Waals surface area contributed by atoms with Crippen molar-refractivity contribution in [2.24, 2.45) is 5.10 Å². The van der Waals surface area contributed by atoms with Crippen LogP contribution in [0.25, 0.3) is 0 Å². The van der Waals surface area contributed by atoms with Crippen molar-refractivity contribution in [1.29, 1.82) is 0 Å². The average Bonchev–Trinajstić information content (AvgIpc) is 2.93. The molecular formula is C16H21N3O. The Kier molecular flexibility index (Phi) is 5.47. The monoisotopic (exact) mass is 271 g/mol. The molecule has 0 spiro atoms. The maximum Gasteiger partial charge on any atom is 0.271 e. The number of amides is 1. The zero-order valence-electron chi connectivity index (χ0n) is 11.9. The summed E-state index contributed by atoms with van der Waals surface area (Å²) in [5, 5.41) is 4.29. The molecule has 0 aromatic carbocycles. The zero-order chi connectivity index (χ0) is 14.2. The van der Waals surface area contributed by atoms with Gasteiger partial charge in [-0.15, -0.1) is 0 Å². The number of unbranched alkanes of at least 4 members (excludes halogenated alkanes) is 2. The molecule has 20 heavy (non-hydrogen) atoms. The fourth-order valence-electron chi connectivity index (χ4n) is 2.29. The maximum atomic E-state index is 11.9. The molecular weight excluding hydrogens is 250 g/mol. The molecule has 0 saturated carbocycles. The summed E-state index contributed by atoms with van der Waals surface area (Å²) in [7, 11) is 0. The summed E-state index contributed by atoms with van der Waals surface area (Å²) in [4.78, 5) is 15.8. The largest absolute Gasteiger partial charge is 0.271 e. The lowest BCUT2D eigenvalue weighted by Gasteiger charge is -2.05. The molecule has 0 saturated heterocycles. The summed E-state index contributed by atoms with van der Waals surface area (Å²) >= 11 is 0. The first kappa shape index (κ1) is 14.4. The highest BCUT2D eigenvalue weighted by Crippen LogP contribution is 2.21. The van der Waals surface area contributed by atoms with Gasteiger partial charge in [0.2, 0.25) is 0 Å². The van der Waals surface area contributed by atoms with Gasteiger partial charge in [-0.2, -0.15) is 5.10 Å².